The standard InChI is InChI=1S/C14H10BrF2NO3/c15-7-10-5-12(16)14(13(17)6-10)21-8-9-2-1-3-11(4-9)18(19)20/h1-6H,7-8H2. The number of hydrogen-bond donors (Lipinski definition) is 0. The zero-order valence-corrected chi connectivity index (χ0v) is 12.3. The lowest BCUT2D eigenvalue weighted by molar-refractivity contribution is -0.384. The molecule has 0 saturated carbocycles. The van der Waals surface area contributed by atoms with Gasteiger partial charge in [-0.1, -0.05) is 28.1 Å². The number of benzene rings is 2. The SMILES string of the molecule is O=[N+]([O-])c1cccc(COc2c(F)cc(CBr)cc2F)c1. The Labute approximate surface area is 127 Å². The van der Waals surface area contributed by atoms with Gasteiger partial charge in [0.25, 0.3) is 5.69 Å². The van der Waals surface area contributed by atoms with E-state index in [-0.39, 0.29) is 12.3 Å². The highest BCUT2D eigenvalue weighted by Gasteiger charge is 2.13. The molecule has 7 heteroatoms. The van der Waals surface area contributed by atoms with Gasteiger partial charge in [-0.05, 0) is 23.3 Å². The van der Waals surface area contributed by atoms with E-state index in [1.54, 1.807) is 6.07 Å². The Bertz CT molecular complexity index is 656. The Morgan fingerprint density at radius 3 is 2.38 bits per heavy atom. The molecule has 0 aliphatic rings. The third-order valence-corrected chi connectivity index (χ3v) is 3.36. The molecule has 110 valence electrons. The average Bonchev–Trinajstić information content (AvgIpc) is 2.46. The number of nitro benzene ring substituents is 1. The van der Waals surface area contributed by atoms with Crippen molar-refractivity contribution in [1.82, 2.24) is 0 Å². The number of nitrogens with zero attached hydrogens (tertiary/aromatic N) is 1. The predicted octanol–water partition coefficient (Wildman–Crippen LogP) is 4.35. The van der Waals surface area contributed by atoms with Crippen LogP contribution in [0.3, 0.4) is 0 Å². The summed E-state index contributed by atoms with van der Waals surface area (Å²) in [7, 11) is 0. The van der Waals surface area contributed by atoms with Gasteiger partial charge in [0.1, 0.15) is 6.61 Å². The van der Waals surface area contributed by atoms with Crippen molar-refractivity contribution in [3.05, 3.63) is 69.3 Å². The van der Waals surface area contributed by atoms with Crippen LogP contribution in [0.5, 0.6) is 5.75 Å². The van der Waals surface area contributed by atoms with E-state index < -0.39 is 22.3 Å². The number of halogens is 3. The summed E-state index contributed by atoms with van der Waals surface area (Å²) in [6.07, 6.45) is 0. The molecule has 0 N–H and O–H groups in total. The van der Waals surface area contributed by atoms with Crippen LogP contribution in [-0.4, -0.2) is 4.92 Å². The van der Waals surface area contributed by atoms with Crippen molar-refractivity contribution >= 4 is 21.6 Å². The molecule has 0 aromatic heterocycles. The van der Waals surface area contributed by atoms with E-state index in [2.05, 4.69) is 15.9 Å². The van der Waals surface area contributed by atoms with E-state index in [0.717, 1.165) is 0 Å². The fourth-order valence-electron chi connectivity index (χ4n) is 1.74. The normalized spacial score (nSPS) is 10.4. The molecule has 0 atom stereocenters. The largest absolute Gasteiger partial charge is 0.483 e. The van der Waals surface area contributed by atoms with E-state index in [1.165, 1.54) is 30.3 Å². The van der Waals surface area contributed by atoms with Crippen LogP contribution in [0.1, 0.15) is 11.1 Å². The zero-order chi connectivity index (χ0) is 15.4. The molecule has 4 nitrogen and oxygen atoms in total. The van der Waals surface area contributed by atoms with Crippen LogP contribution in [0, 0.1) is 21.7 Å². The Balaban J connectivity index is 2.17. The van der Waals surface area contributed by atoms with Gasteiger partial charge in [-0.3, -0.25) is 10.1 Å². The smallest absolute Gasteiger partial charge is 0.269 e. The van der Waals surface area contributed by atoms with Crippen molar-refractivity contribution < 1.29 is 18.4 Å². The molecule has 0 saturated heterocycles. The van der Waals surface area contributed by atoms with Crippen LogP contribution >= 0.6 is 15.9 Å². The predicted molar refractivity (Wildman–Crippen MR) is 76.4 cm³/mol. The number of rotatable bonds is 5. The van der Waals surface area contributed by atoms with Gasteiger partial charge in [0, 0.05) is 17.5 Å². The number of ether oxygens (including phenoxy) is 1. The highest BCUT2D eigenvalue weighted by atomic mass is 79.9. The summed E-state index contributed by atoms with van der Waals surface area (Å²) in [5.74, 6) is -2.11. The molecule has 0 radical (unpaired) electrons. The van der Waals surface area contributed by atoms with Crippen LogP contribution in [0.25, 0.3) is 0 Å². The minimum absolute atomic E-state index is 0.105. The maximum Gasteiger partial charge on any atom is 0.269 e. The molecule has 0 spiro atoms. The monoisotopic (exact) mass is 357 g/mol. The number of nitro groups is 1. The Kier molecular flexibility index (Phi) is 4.85. The van der Waals surface area contributed by atoms with Gasteiger partial charge < -0.3 is 4.74 Å². The quantitative estimate of drug-likeness (QED) is 0.454. The summed E-state index contributed by atoms with van der Waals surface area (Å²) in [5, 5.41) is 11.0. The second kappa shape index (κ2) is 6.62. The fraction of sp³-hybridized carbons (Fsp3) is 0.143. The summed E-state index contributed by atoms with van der Waals surface area (Å²) in [6, 6.07) is 8.02. The molecule has 2 aromatic carbocycles. The third kappa shape index (κ3) is 3.75. The summed E-state index contributed by atoms with van der Waals surface area (Å²) < 4.78 is 32.5. The van der Waals surface area contributed by atoms with Crippen LogP contribution in [0.2, 0.25) is 0 Å². The van der Waals surface area contributed by atoms with Crippen molar-refractivity contribution in [1.29, 1.82) is 0 Å². The topological polar surface area (TPSA) is 52.4 Å². The number of hydrogen-bond acceptors (Lipinski definition) is 3. The first-order chi connectivity index (χ1) is 10.0. The molecular weight excluding hydrogens is 348 g/mol. The van der Waals surface area contributed by atoms with Crippen molar-refractivity contribution in [2.45, 2.75) is 11.9 Å². The van der Waals surface area contributed by atoms with Crippen LogP contribution in [-0.2, 0) is 11.9 Å². The summed E-state index contributed by atoms with van der Waals surface area (Å²) in [4.78, 5) is 10.1. The van der Waals surface area contributed by atoms with Crippen molar-refractivity contribution in [2.24, 2.45) is 0 Å². The lowest BCUT2D eigenvalue weighted by atomic mass is 10.2. The molecule has 0 amide bonds. The van der Waals surface area contributed by atoms with Gasteiger partial charge in [0.15, 0.2) is 17.4 Å². The van der Waals surface area contributed by atoms with Crippen LogP contribution in [0.15, 0.2) is 36.4 Å². The third-order valence-electron chi connectivity index (χ3n) is 2.72. The lowest BCUT2D eigenvalue weighted by Gasteiger charge is -2.09. The van der Waals surface area contributed by atoms with Crippen LogP contribution < -0.4 is 4.74 Å². The molecule has 0 aliphatic carbocycles. The van der Waals surface area contributed by atoms with Gasteiger partial charge >= 0.3 is 0 Å². The Hall–Kier alpha value is -2.02. The summed E-state index contributed by atoms with van der Waals surface area (Å²) in [6.45, 7) is -0.164. The zero-order valence-electron chi connectivity index (χ0n) is 10.7. The molecular formula is C14H10BrF2NO3. The van der Waals surface area contributed by atoms with Crippen molar-refractivity contribution in [3.63, 3.8) is 0 Å². The molecule has 0 fully saturated rings. The first-order valence-corrected chi connectivity index (χ1v) is 7.03. The highest BCUT2D eigenvalue weighted by molar-refractivity contribution is 9.08. The van der Waals surface area contributed by atoms with Crippen LogP contribution in [0.4, 0.5) is 14.5 Å². The van der Waals surface area contributed by atoms with Crippen molar-refractivity contribution in [2.75, 3.05) is 0 Å². The molecule has 0 heterocycles. The van der Waals surface area contributed by atoms with Gasteiger partial charge in [-0.15, -0.1) is 0 Å². The second-order valence-electron chi connectivity index (χ2n) is 4.24. The van der Waals surface area contributed by atoms with E-state index in [0.29, 0.717) is 16.5 Å². The number of non-ortho nitro benzene ring substituents is 1. The van der Waals surface area contributed by atoms with Crippen molar-refractivity contribution in [3.8, 4) is 5.75 Å². The highest BCUT2D eigenvalue weighted by Crippen LogP contribution is 2.25. The average molecular weight is 358 g/mol. The lowest BCUT2D eigenvalue weighted by Crippen LogP contribution is -2.01. The van der Waals surface area contributed by atoms with Gasteiger partial charge in [-0.2, -0.15) is 0 Å². The molecule has 21 heavy (non-hydrogen) atoms. The first kappa shape index (κ1) is 15.4. The summed E-state index contributed by atoms with van der Waals surface area (Å²) in [5.41, 5.74) is 0.798. The fourth-order valence-corrected chi connectivity index (χ4v) is 2.07. The van der Waals surface area contributed by atoms with E-state index in [4.69, 9.17) is 4.74 Å². The molecule has 0 unspecified atom stereocenters. The molecule has 0 aliphatic heterocycles. The Morgan fingerprint density at radius 2 is 1.81 bits per heavy atom. The maximum atomic E-state index is 13.7. The first-order valence-electron chi connectivity index (χ1n) is 5.91. The van der Waals surface area contributed by atoms with E-state index in [1.807, 2.05) is 0 Å². The van der Waals surface area contributed by atoms with Gasteiger partial charge in [0.05, 0.1) is 4.92 Å². The minimum atomic E-state index is -0.810. The Morgan fingerprint density at radius 1 is 1.14 bits per heavy atom. The van der Waals surface area contributed by atoms with Gasteiger partial charge in [0.2, 0.25) is 0 Å². The minimum Gasteiger partial charge on any atom is -0.483 e. The summed E-state index contributed by atoms with van der Waals surface area (Å²) >= 11 is 3.11. The molecule has 0 bridgehead atoms. The number of alkyl halides is 1. The van der Waals surface area contributed by atoms with E-state index in [9.17, 15) is 18.9 Å². The van der Waals surface area contributed by atoms with E-state index >= 15 is 0 Å². The molecule has 2 aromatic rings. The maximum absolute atomic E-state index is 13.7. The molecule has 2 rings (SSSR count). The second-order valence-corrected chi connectivity index (χ2v) is 4.80. The van der Waals surface area contributed by atoms with Gasteiger partial charge in [-0.25, -0.2) is 8.78 Å².